The second-order valence-corrected chi connectivity index (χ2v) is 6.95. The number of hydrogen-bond acceptors (Lipinski definition) is 4. The van der Waals surface area contributed by atoms with E-state index in [1.807, 2.05) is 0 Å². The second kappa shape index (κ2) is 6.84. The Hall–Kier alpha value is -2.49. The van der Waals surface area contributed by atoms with Crippen LogP contribution in [0.3, 0.4) is 0 Å². The molecule has 0 amide bonds. The third-order valence-corrected chi connectivity index (χ3v) is 4.89. The summed E-state index contributed by atoms with van der Waals surface area (Å²) in [6.45, 7) is 0. The van der Waals surface area contributed by atoms with Crippen LogP contribution in [0.2, 0.25) is 0 Å². The summed E-state index contributed by atoms with van der Waals surface area (Å²) in [7, 11) is 0. The summed E-state index contributed by atoms with van der Waals surface area (Å²) < 4.78 is 91.8. The summed E-state index contributed by atoms with van der Waals surface area (Å²) in [5.41, 5.74) is -2.47. The second-order valence-electron chi connectivity index (χ2n) is 5.93. The van der Waals surface area contributed by atoms with Crippen LogP contribution < -0.4 is 5.69 Å². The quantitative estimate of drug-likeness (QED) is 0.547. The normalized spacial score (nSPS) is 14.9. The molecule has 0 saturated heterocycles. The molecule has 1 aliphatic carbocycles. The van der Waals surface area contributed by atoms with Gasteiger partial charge in [-0.2, -0.15) is 36.3 Å². The SMILES string of the molecule is N#Cc1cc(F)c(-n2nc(C(F)(F)F)n(C3CC3)c2=O)cc1SCC(F)(F)F. The lowest BCUT2D eigenvalue weighted by molar-refractivity contribution is -0.147. The van der Waals surface area contributed by atoms with Crippen LogP contribution in [0, 0.1) is 17.1 Å². The van der Waals surface area contributed by atoms with Crippen molar-refractivity contribution in [1.29, 1.82) is 5.26 Å². The Kier molecular flexibility index (Phi) is 4.95. The minimum atomic E-state index is -4.98. The van der Waals surface area contributed by atoms with Gasteiger partial charge in [-0.25, -0.2) is 9.18 Å². The molecule has 1 fully saturated rings. The molecule has 0 bridgehead atoms. The Bertz CT molecular complexity index is 1010. The topological polar surface area (TPSA) is 63.6 Å². The average molecular weight is 426 g/mol. The van der Waals surface area contributed by atoms with Gasteiger partial charge in [0.05, 0.1) is 11.3 Å². The zero-order valence-electron chi connectivity index (χ0n) is 13.6. The molecule has 3 rings (SSSR count). The fraction of sp³-hybridized carbons (Fsp3) is 0.400. The van der Waals surface area contributed by atoms with Crippen molar-refractivity contribution < 1.29 is 30.7 Å². The molecule has 1 saturated carbocycles. The van der Waals surface area contributed by atoms with E-state index in [2.05, 4.69) is 5.10 Å². The number of hydrogen-bond donors (Lipinski definition) is 0. The van der Waals surface area contributed by atoms with E-state index >= 15 is 0 Å². The smallest absolute Gasteiger partial charge is 0.268 e. The molecule has 28 heavy (non-hydrogen) atoms. The molecule has 1 aromatic heterocycles. The molecule has 0 aliphatic heterocycles. The molecule has 1 aromatic carbocycles. The fourth-order valence-corrected chi connectivity index (χ4v) is 3.24. The highest BCUT2D eigenvalue weighted by molar-refractivity contribution is 7.99. The van der Waals surface area contributed by atoms with Gasteiger partial charge in [-0.15, -0.1) is 16.9 Å². The third kappa shape index (κ3) is 4.01. The number of nitrogens with zero attached hydrogens (tertiary/aromatic N) is 4. The Morgan fingerprint density at radius 2 is 1.86 bits per heavy atom. The number of halogens is 7. The van der Waals surface area contributed by atoms with Crippen LogP contribution in [0.25, 0.3) is 5.69 Å². The van der Waals surface area contributed by atoms with E-state index in [1.165, 1.54) is 6.07 Å². The van der Waals surface area contributed by atoms with Crippen LogP contribution in [0.5, 0.6) is 0 Å². The first-order valence-electron chi connectivity index (χ1n) is 7.64. The molecular formula is C15H9F7N4OS. The van der Waals surface area contributed by atoms with Crippen molar-refractivity contribution in [2.24, 2.45) is 0 Å². The molecular weight excluding hydrogens is 417 g/mol. The van der Waals surface area contributed by atoms with Crippen LogP contribution in [0.15, 0.2) is 21.8 Å². The van der Waals surface area contributed by atoms with Crippen molar-refractivity contribution in [1.82, 2.24) is 14.3 Å². The summed E-state index contributed by atoms with van der Waals surface area (Å²) >= 11 is 0.151. The van der Waals surface area contributed by atoms with E-state index in [1.54, 1.807) is 0 Å². The summed E-state index contributed by atoms with van der Waals surface area (Å²) in [5, 5.41) is 12.1. The molecule has 0 spiro atoms. The first-order chi connectivity index (χ1) is 12.9. The highest BCUT2D eigenvalue weighted by Crippen LogP contribution is 2.39. The standard InChI is InChI=1S/C15H9F7N4OS/c16-9-3-7(5-23)11(28-6-14(17,18)19)4-10(9)26-13(27)25(8-1-2-8)12(24-26)15(20,21)22/h3-4,8H,1-2,6H2. The van der Waals surface area contributed by atoms with Crippen molar-refractivity contribution in [2.75, 3.05) is 5.75 Å². The highest BCUT2D eigenvalue weighted by Gasteiger charge is 2.43. The number of thioether (sulfide) groups is 1. The van der Waals surface area contributed by atoms with E-state index in [9.17, 15) is 35.5 Å². The van der Waals surface area contributed by atoms with Gasteiger partial charge >= 0.3 is 18.0 Å². The lowest BCUT2D eigenvalue weighted by Gasteiger charge is -2.10. The van der Waals surface area contributed by atoms with Gasteiger partial charge in [-0.3, -0.25) is 4.57 Å². The predicted molar refractivity (Wildman–Crippen MR) is 82.5 cm³/mol. The minimum Gasteiger partial charge on any atom is -0.268 e. The maximum Gasteiger partial charge on any atom is 0.451 e. The van der Waals surface area contributed by atoms with Gasteiger partial charge in [0, 0.05) is 10.9 Å². The number of rotatable bonds is 4. The number of nitriles is 1. The Morgan fingerprint density at radius 1 is 1.21 bits per heavy atom. The molecule has 150 valence electrons. The van der Waals surface area contributed by atoms with Crippen molar-refractivity contribution in [3.8, 4) is 11.8 Å². The van der Waals surface area contributed by atoms with Gasteiger partial charge in [0.25, 0.3) is 0 Å². The van der Waals surface area contributed by atoms with Gasteiger partial charge in [0.2, 0.25) is 5.82 Å². The van der Waals surface area contributed by atoms with Crippen molar-refractivity contribution in [3.63, 3.8) is 0 Å². The molecule has 13 heteroatoms. The van der Waals surface area contributed by atoms with Gasteiger partial charge < -0.3 is 0 Å². The monoisotopic (exact) mass is 426 g/mol. The van der Waals surface area contributed by atoms with Gasteiger partial charge in [-0.1, -0.05) is 0 Å². The predicted octanol–water partition coefficient (Wildman–Crippen LogP) is 4.05. The van der Waals surface area contributed by atoms with E-state index in [0.29, 0.717) is 23.5 Å². The van der Waals surface area contributed by atoms with Crippen LogP contribution in [0.4, 0.5) is 30.7 Å². The number of aromatic nitrogens is 3. The number of alkyl halides is 6. The molecule has 2 aromatic rings. The first kappa shape index (κ1) is 20.2. The maximum absolute atomic E-state index is 14.3. The van der Waals surface area contributed by atoms with Gasteiger partial charge in [0.15, 0.2) is 0 Å². The van der Waals surface area contributed by atoms with Crippen LogP contribution >= 0.6 is 11.8 Å². The molecule has 0 radical (unpaired) electrons. The van der Waals surface area contributed by atoms with Crippen LogP contribution in [0.1, 0.15) is 30.3 Å². The molecule has 0 unspecified atom stereocenters. The van der Waals surface area contributed by atoms with Crippen LogP contribution in [-0.2, 0) is 6.18 Å². The molecule has 0 atom stereocenters. The van der Waals surface area contributed by atoms with Crippen LogP contribution in [-0.4, -0.2) is 26.3 Å². The van der Waals surface area contributed by atoms with E-state index in [4.69, 9.17) is 5.26 Å². The average Bonchev–Trinajstić information content (AvgIpc) is 3.34. The van der Waals surface area contributed by atoms with E-state index in [0.717, 1.165) is 6.07 Å². The molecule has 1 heterocycles. The molecule has 5 nitrogen and oxygen atoms in total. The summed E-state index contributed by atoms with van der Waals surface area (Å²) in [6.07, 6.45) is -8.95. The van der Waals surface area contributed by atoms with Crippen molar-refractivity contribution >= 4 is 11.8 Å². The van der Waals surface area contributed by atoms with E-state index < -0.39 is 52.7 Å². The lowest BCUT2D eigenvalue weighted by Crippen LogP contribution is -2.26. The van der Waals surface area contributed by atoms with Gasteiger partial charge in [0.1, 0.15) is 17.6 Å². The third-order valence-electron chi connectivity index (χ3n) is 3.76. The Labute approximate surface area is 156 Å². The minimum absolute atomic E-state index is 0.151. The van der Waals surface area contributed by atoms with Crippen molar-refractivity contribution in [3.05, 3.63) is 39.8 Å². The lowest BCUT2D eigenvalue weighted by atomic mass is 10.2. The summed E-state index contributed by atoms with van der Waals surface area (Å²) in [4.78, 5) is 12.1. The highest BCUT2D eigenvalue weighted by atomic mass is 32.2. The summed E-state index contributed by atoms with van der Waals surface area (Å²) in [6, 6.07) is 2.07. The fourth-order valence-electron chi connectivity index (χ4n) is 2.46. The zero-order chi connectivity index (χ0) is 20.9. The number of benzene rings is 1. The largest absolute Gasteiger partial charge is 0.451 e. The Morgan fingerprint density at radius 3 is 2.36 bits per heavy atom. The Balaban J connectivity index is 2.14. The molecule has 0 N–H and O–H groups in total. The maximum atomic E-state index is 14.3. The van der Waals surface area contributed by atoms with E-state index in [-0.39, 0.29) is 21.3 Å². The zero-order valence-corrected chi connectivity index (χ0v) is 14.4. The summed E-state index contributed by atoms with van der Waals surface area (Å²) in [5.74, 6) is -4.19. The first-order valence-corrected chi connectivity index (χ1v) is 8.63. The van der Waals surface area contributed by atoms with Crippen molar-refractivity contribution in [2.45, 2.75) is 36.1 Å². The van der Waals surface area contributed by atoms with Gasteiger partial charge in [-0.05, 0) is 25.0 Å². The molecule has 1 aliphatic rings.